The minimum absolute atomic E-state index is 0.00324. The Hall–Kier alpha value is -5.17. The Balaban J connectivity index is 1.52. The van der Waals surface area contributed by atoms with Gasteiger partial charge in [-0.05, 0) is 48.7 Å². The second kappa shape index (κ2) is 18.0. The maximum atomic E-state index is 15.3. The fraction of sp³-hybridized carbons (Fsp3) is 0.382. The summed E-state index contributed by atoms with van der Waals surface area (Å²) in [6.45, 7) is -1.64. The number of alkyl carbamates (subject to hydrolysis) is 2. The van der Waals surface area contributed by atoms with Gasteiger partial charge in [0.1, 0.15) is 36.6 Å². The first kappa shape index (κ1) is 40.6. The van der Waals surface area contributed by atoms with Gasteiger partial charge in [-0.15, -0.1) is 13.2 Å². The zero-order chi connectivity index (χ0) is 38.8. The number of alkyl halides is 6. The van der Waals surface area contributed by atoms with Crippen molar-refractivity contribution in [2.24, 2.45) is 0 Å². The van der Waals surface area contributed by atoms with E-state index in [1.165, 1.54) is 42.5 Å². The molecule has 4 atom stereocenters. The summed E-state index contributed by atoms with van der Waals surface area (Å²) >= 11 is 0. The van der Waals surface area contributed by atoms with Crippen molar-refractivity contribution in [2.45, 2.75) is 49.5 Å². The molecule has 0 bridgehead atoms. The van der Waals surface area contributed by atoms with Crippen LogP contribution < -0.4 is 26.0 Å². The van der Waals surface area contributed by atoms with Gasteiger partial charge in [-0.2, -0.15) is 13.2 Å². The third-order valence-electron chi connectivity index (χ3n) is 7.89. The summed E-state index contributed by atoms with van der Waals surface area (Å²) in [6, 6.07) is 10.9. The predicted molar refractivity (Wildman–Crippen MR) is 171 cm³/mol. The molecule has 0 spiro atoms. The highest BCUT2D eigenvalue weighted by Gasteiger charge is 2.38. The molecule has 3 aromatic rings. The van der Waals surface area contributed by atoms with E-state index in [0.717, 1.165) is 31.4 Å². The van der Waals surface area contributed by atoms with Crippen LogP contribution in [0.3, 0.4) is 0 Å². The number of benzene rings is 3. The molecule has 4 N–H and O–H groups in total. The molecule has 1 heterocycles. The number of para-hydroxylation sites is 1. The Kier molecular flexibility index (Phi) is 13.8. The van der Waals surface area contributed by atoms with E-state index in [0.29, 0.717) is 0 Å². The third-order valence-corrected chi connectivity index (χ3v) is 7.89. The van der Waals surface area contributed by atoms with E-state index >= 15 is 4.39 Å². The number of hydrogen-bond donors (Lipinski definition) is 4. The summed E-state index contributed by atoms with van der Waals surface area (Å²) < 4.78 is 126. The summed E-state index contributed by atoms with van der Waals surface area (Å²) in [6.07, 6.45) is -12.5. The van der Waals surface area contributed by atoms with Crippen LogP contribution >= 0.6 is 0 Å². The van der Waals surface area contributed by atoms with Crippen LogP contribution in [0.4, 0.5) is 50.4 Å². The number of halogens is 8. The second-order valence-corrected chi connectivity index (χ2v) is 11.7. The van der Waals surface area contributed by atoms with Gasteiger partial charge in [0.15, 0.2) is 0 Å². The van der Waals surface area contributed by atoms with Gasteiger partial charge < -0.3 is 40.2 Å². The van der Waals surface area contributed by atoms with Crippen LogP contribution in [-0.4, -0.2) is 82.2 Å². The number of carbonyl (C=O) groups is 3. The summed E-state index contributed by atoms with van der Waals surface area (Å²) in [5, 5.41) is 9.49. The van der Waals surface area contributed by atoms with Crippen LogP contribution in [0.15, 0.2) is 66.7 Å². The molecule has 1 aliphatic rings. The number of carbonyl (C=O) groups excluding carboxylic acids is 3. The predicted octanol–water partition coefficient (Wildman–Crippen LogP) is 5.94. The van der Waals surface area contributed by atoms with Gasteiger partial charge in [0, 0.05) is 29.3 Å². The molecule has 0 saturated carbocycles. The van der Waals surface area contributed by atoms with Gasteiger partial charge in [0.05, 0.1) is 25.9 Å². The highest BCUT2D eigenvalue weighted by Crippen LogP contribution is 2.38. The number of methoxy groups -OCH3 is 1. The third kappa shape index (κ3) is 12.5. The highest BCUT2D eigenvalue weighted by atomic mass is 19.4. The number of hydrogen-bond acceptors (Lipinski definition) is 8. The van der Waals surface area contributed by atoms with E-state index in [4.69, 9.17) is 9.47 Å². The molecular weight excluding hydrogens is 728 g/mol. The van der Waals surface area contributed by atoms with Crippen LogP contribution in [0.5, 0.6) is 5.75 Å². The highest BCUT2D eigenvalue weighted by molar-refractivity contribution is 5.98. The minimum Gasteiger partial charge on any atom is -0.453 e. The Bertz CT molecular complexity index is 1700. The number of nitrogens with one attached hydrogen (secondary N) is 4. The zero-order valence-corrected chi connectivity index (χ0v) is 27.8. The maximum Gasteiger partial charge on any atom is 0.573 e. The summed E-state index contributed by atoms with van der Waals surface area (Å²) in [5.74, 6) is -4.55. The molecule has 1 unspecified atom stereocenters. The van der Waals surface area contributed by atoms with Gasteiger partial charge in [-0.3, -0.25) is 4.79 Å². The van der Waals surface area contributed by atoms with E-state index in [9.17, 15) is 45.1 Å². The fourth-order valence-electron chi connectivity index (χ4n) is 5.47. The van der Waals surface area contributed by atoms with Gasteiger partial charge in [-0.25, -0.2) is 18.4 Å². The molecule has 1 aliphatic heterocycles. The van der Waals surface area contributed by atoms with Crippen molar-refractivity contribution in [3.63, 3.8) is 0 Å². The molecule has 0 aromatic heterocycles. The quantitative estimate of drug-likeness (QED) is 0.157. The molecule has 1 fully saturated rings. The van der Waals surface area contributed by atoms with Crippen LogP contribution in [0.1, 0.15) is 29.0 Å². The molecule has 288 valence electrons. The first-order valence-electron chi connectivity index (χ1n) is 15.9. The molecule has 11 nitrogen and oxygen atoms in total. The van der Waals surface area contributed by atoms with E-state index < -0.39 is 78.7 Å². The van der Waals surface area contributed by atoms with Gasteiger partial charge in [-0.1, -0.05) is 36.4 Å². The van der Waals surface area contributed by atoms with E-state index in [-0.39, 0.29) is 55.0 Å². The van der Waals surface area contributed by atoms with Crippen molar-refractivity contribution in [1.29, 1.82) is 0 Å². The number of ether oxygens (including phenoxy) is 4. The van der Waals surface area contributed by atoms with Crippen LogP contribution in [0.25, 0.3) is 0 Å². The lowest BCUT2D eigenvalue weighted by Gasteiger charge is -2.30. The van der Waals surface area contributed by atoms with Crippen molar-refractivity contribution in [1.82, 2.24) is 16.0 Å². The van der Waals surface area contributed by atoms with Gasteiger partial charge in [0.2, 0.25) is 5.91 Å². The first-order chi connectivity index (χ1) is 25.0. The Morgan fingerprint density at radius 3 is 2.30 bits per heavy atom. The Morgan fingerprint density at radius 1 is 0.943 bits per heavy atom. The molecular formula is C34H34F8N4O7. The molecule has 3 aromatic carbocycles. The molecule has 3 amide bonds. The lowest BCUT2D eigenvalue weighted by atomic mass is 9.83. The standard InChI is InChI=1S/C34H34F8N4O7/c1-50-32(49)46-29(28(19-9-11-20(35)12-10-19)24-5-2-3-8-27(24)53-34(40,41)42)30(47)45-26-7-4-6-25(36)23(26)14-13-22-15-43-21(16-51-22)17-52-31(48)44-18-33(37,38)39/h2-12,21-22,28-29,43H,13-18H2,1H3,(H,44,48)(H,45,47)(H,46,49)/t21?,22-,28+,29+/m1/s1. The number of amides is 3. The van der Waals surface area contributed by atoms with Crippen molar-refractivity contribution < 1.29 is 68.5 Å². The van der Waals surface area contributed by atoms with Crippen LogP contribution in [0.2, 0.25) is 0 Å². The molecule has 1 saturated heterocycles. The largest absolute Gasteiger partial charge is 0.573 e. The Labute approximate surface area is 297 Å². The molecule has 0 radical (unpaired) electrons. The van der Waals surface area contributed by atoms with Crippen LogP contribution in [0, 0.1) is 11.6 Å². The van der Waals surface area contributed by atoms with Gasteiger partial charge in [0.25, 0.3) is 0 Å². The number of morpholine rings is 1. The average molecular weight is 763 g/mol. The topological polar surface area (TPSA) is 136 Å². The summed E-state index contributed by atoms with van der Waals surface area (Å²) in [7, 11) is 0.995. The monoisotopic (exact) mass is 762 g/mol. The molecule has 19 heteroatoms. The number of rotatable bonds is 13. The Morgan fingerprint density at radius 2 is 1.66 bits per heavy atom. The van der Waals surface area contributed by atoms with Crippen molar-refractivity contribution in [3.05, 3.63) is 95.1 Å². The lowest BCUT2D eigenvalue weighted by Crippen LogP contribution is -2.49. The maximum absolute atomic E-state index is 15.3. The normalized spacial score (nSPS) is 17.2. The summed E-state index contributed by atoms with van der Waals surface area (Å²) in [5.41, 5.74) is -0.121. The second-order valence-electron chi connectivity index (χ2n) is 11.7. The smallest absolute Gasteiger partial charge is 0.453 e. The molecule has 4 rings (SSSR count). The molecule has 0 aliphatic carbocycles. The van der Waals surface area contributed by atoms with Crippen molar-refractivity contribution in [2.75, 3.05) is 38.7 Å². The number of anilines is 1. The van der Waals surface area contributed by atoms with E-state index in [1.54, 1.807) is 5.32 Å². The van der Waals surface area contributed by atoms with Gasteiger partial charge >= 0.3 is 24.7 Å². The average Bonchev–Trinajstić information content (AvgIpc) is 3.10. The fourth-order valence-corrected chi connectivity index (χ4v) is 5.47. The minimum atomic E-state index is -5.14. The summed E-state index contributed by atoms with van der Waals surface area (Å²) in [4.78, 5) is 38.1. The zero-order valence-electron chi connectivity index (χ0n) is 27.8. The lowest BCUT2D eigenvalue weighted by molar-refractivity contribution is -0.275. The van der Waals surface area contributed by atoms with Crippen molar-refractivity contribution in [3.8, 4) is 5.75 Å². The first-order valence-corrected chi connectivity index (χ1v) is 15.9. The molecule has 53 heavy (non-hydrogen) atoms. The van der Waals surface area contributed by atoms with E-state index in [1.807, 2.05) is 0 Å². The SMILES string of the molecule is COC(=O)N[C@H](C(=O)Nc1cccc(F)c1CC[C@@H]1CNC(COC(=O)NCC(F)(F)F)CO1)[C@@H](c1ccc(F)cc1)c1ccccc1OC(F)(F)F. The van der Waals surface area contributed by atoms with Crippen LogP contribution in [-0.2, 0) is 25.4 Å². The van der Waals surface area contributed by atoms with E-state index in [2.05, 4.69) is 25.4 Å². The van der Waals surface area contributed by atoms with Crippen molar-refractivity contribution >= 4 is 23.8 Å².